The molecule has 0 saturated carbocycles. The molecular weight excluding hydrogens is 336 g/mol. The van der Waals surface area contributed by atoms with Gasteiger partial charge in [-0.05, 0) is 62.9 Å². The summed E-state index contributed by atoms with van der Waals surface area (Å²) in [7, 11) is 0. The minimum absolute atomic E-state index is 0.201. The zero-order valence-corrected chi connectivity index (χ0v) is 16.6. The largest absolute Gasteiger partial charge is 0.350 e. The summed E-state index contributed by atoms with van der Waals surface area (Å²) in [5, 5.41) is 3.22. The van der Waals surface area contributed by atoms with E-state index < -0.39 is 0 Å². The summed E-state index contributed by atoms with van der Waals surface area (Å²) in [6.07, 6.45) is 0.954. The van der Waals surface area contributed by atoms with E-state index in [1.54, 1.807) is 0 Å². The molecule has 27 heavy (non-hydrogen) atoms. The molecule has 0 radical (unpaired) electrons. The Morgan fingerprint density at radius 2 is 1.63 bits per heavy atom. The van der Waals surface area contributed by atoms with Crippen molar-refractivity contribution in [2.75, 3.05) is 5.32 Å². The van der Waals surface area contributed by atoms with E-state index >= 15 is 0 Å². The Kier molecular flexibility index (Phi) is 5.17. The molecule has 2 aromatic rings. The molecular formula is C23H26N2O2. The monoisotopic (exact) mass is 362 g/mol. The third-order valence-electron chi connectivity index (χ3n) is 4.91. The van der Waals surface area contributed by atoms with Crippen LogP contribution in [0.15, 0.2) is 48.2 Å². The molecule has 2 aromatic carbocycles. The summed E-state index contributed by atoms with van der Waals surface area (Å²) < 4.78 is 0. The standard InChI is InChI=1S/C23H26N2O2/c1-6-17-8-10-18(11-9-17)24-21-20(19-12-7-15(4)13-16(19)5)22(26)25(14(2)3)23(21)27/h7-14,24H,6H2,1-5H3. The number of carbonyl (C=O) groups excluding carboxylic acids is 2. The van der Waals surface area contributed by atoms with E-state index in [0.29, 0.717) is 11.3 Å². The fourth-order valence-corrected chi connectivity index (χ4v) is 3.44. The number of anilines is 1. The number of nitrogens with one attached hydrogen (secondary N) is 1. The summed E-state index contributed by atoms with van der Waals surface area (Å²) in [6, 6.07) is 13.7. The second kappa shape index (κ2) is 7.39. The van der Waals surface area contributed by atoms with Gasteiger partial charge in [0, 0.05) is 11.7 Å². The predicted octanol–water partition coefficient (Wildman–Crippen LogP) is 4.47. The number of hydrogen-bond acceptors (Lipinski definition) is 3. The molecule has 4 heteroatoms. The first-order valence-electron chi connectivity index (χ1n) is 9.39. The second-order valence-corrected chi connectivity index (χ2v) is 7.32. The highest BCUT2D eigenvalue weighted by Crippen LogP contribution is 2.33. The number of benzene rings is 2. The molecule has 4 nitrogen and oxygen atoms in total. The molecule has 0 saturated heterocycles. The minimum atomic E-state index is -0.274. The highest BCUT2D eigenvalue weighted by Gasteiger charge is 2.40. The van der Waals surface area contributed by atoms with E-state index in [0.717, 1.165) is 28.8 Å². The van der Waals surface area contributed by atoms with Crippen LogP contribution in [0.1, 0.15) is 43.0 Å². The first-order chi connectivity index (χ1) is 12.8. The van der Waals surface area contributed by atoms with Crippen molar-refractivity contribution in [1.82, 2.24) is 4.90 Å². The van der Waals surface area contributed by atoms with Crippen molar-refractivity contribution >= 4 is 23.1 Å². The van der Waals surface area contributed by atoms with Crippen LogP contribution in [0.5, 0.6) is 0 Å². The predicted molar refractivity (Wildman–Crippen MR) is 109 cm³/mol. The van der Waals surface area contributed by atoms with Gasteiger partial charge in [-0.2, -0.15) is 0 Å². The van der Waals surface area contributed by atoms with Crippen molar-refractivity contribution in [3.63, 3.8) is 0 Å². The van der Waals surface area contributed by atoms with E-state index in [-0.39, 0.29) is 17.9 Å². The molecule has 0 unspecified atom stereocenters. The van der Waals surface area contributed by atoms with E-state index in [4.69, 9.17) is 0 Å². The summed E-state index contributed by atoms with van der Waals surface area (Å²) >= 11 is 0. The average molecular weight is 362 g/mol. The Morgan fingerprint density at radius 1 is 0.963 bits per heavy atom. The molecule has 0 spiro atoms. The van der Waals surface area contributed by atoms with Gasteiger partial charge in [0.2, 0.25) is 0 Å². The van der Waals surface area contributed by atoms with Gasteiger partial charge in [0.15, 0.2) is 0 Å². The molecule has 0 bridgehead atoms. The fraction of sp³-hybridized carbons (Fsp3) is 0.304. The lowest BCUT2D eigenvalue weighted by Gasteiger charge is -2.19. The molecule has 1 N–H and O–H groups in total. The number of amides is 2. The Morgan fingerprint density at radius 3 is 2.19 bits per heavy atom. The Balaban J connectivity index is 2.10. The molecule has 1 heterocycles. The lowest BCUT2D eigenvalue weighted by Crippen LogP contribution is -2.38. The van der Waals surface area contributed by atoms with Gasteiger partial charge in [0.1, 0.15) is 5.70 Å². The van der Waals surface area contributed by atoms with E-state index in [9.17, 15) is 9.59 Å². The number of imide groups is 1. The highest BCUT2D eigenvalue weighted by atomic mass is 16.2. The quantitative estimate of drug-likeness (QED) is 0.799. The average Bonchev–Trinajstić information content (AvgIpc) is 2.86. The molecule has 0 aromatic heterocycles. The maximum atomic E-state index is 13.1. The summed E-state index contributed by atoms with van der Waals surface area (Å²) in [6.45, 7) is 9.80. The number of rotatable bonds is 5. The lowest BCUT2D eigenvalue weighted by molar-refractivity contribution is -0.138. The van der Waals surface area contributed by atoms with Crippen molar-refractivity contribution in [2.45, 2.75) is 47.1 Å². The van der Waals surface area contributed by atoms with Crippen molar-refractivity contribution in [2.24, 2.45) is 0 Å². The normalized spacial score (nSPS) is 14.5. The van der Waals surface area contributed by atoms with Crippen LogP contribution in [-0.4, -0.2) is 22.8 Å². The molecule has 140 valence electrons. The first-order valence-corrected chi connectivity index (χ1v) is 9.39. The van der Waals surface area contributed by atoms with Gasteiger partial charge in [0.05, 0.1) is 5.57 Å². The Labute approximate surface area is 160 Å². The molecule has 0 fully saturated rings. The summed E-state index contributed by atoms with van der Waals surface area (Å²) in [5.41, 5.74) is 5.74. The van der Waals surface area contributed by atoms with Crippen LogP contribution in [0.2, 0.25) is 0 Å². The van der Waals surface area contributed by atoms with Crippen LogP contribution >= 0.6 is 0 Å². The van der Waals surface area contributed by atoms with Crippen LogP contribution in [-0.2, 0) is 16.0 Å². The van der Waals surface area contributed by atoms with Gasteiger partial charge in [-0.1, -0.05) is 42.8 Å². The minimum Gasteiger partial charge on any atom is -0.350 e. The Hall–Kier alpha value is -2.88. The number of hydrogen-bond donors (Lipinski definition) is 1. The van der Waals surface area contributed by atoms with Crippen molar-refractivity contribution in [3.05, 3.63) is 70.4 Å². The van der Waals surface area contributed by atoms with E-state index in [1.165, 1.54) is 10.5 Å². The summed E-state index contributed by atoms with van der Waals surface area (Å²) in [4.78, 5) is 27.5. The lowest BCUT2D eigenvalue weighted by atomic mass is 9.97. The molecule has 0 aliphatic carbocycles. The second-order valence-electron chi connectivity index (χ2n) is 7.32. The van der Waals surface area contributed by atoms with Gasteiger partial charge in [-0.25, -0.2) is 0 Å². The van der Waals surface area contributed by atoms with Crippen LogP contribution in [0, 0.1) is 13.8 Å². The van der Waals surface area contributed by atoms with Crippen molar-refractivity contribution in [1.29, 1.82) is 0 Å². The van der Waals surface area contributed by atoms with Crippen LogP contribution < -0.4 is 5.32 Å². The van der Waals surface area contributed by atoms with Crippen LogP contribution in [0.25, 0.3) is 5.57 Å². The van der Waals surface area contributed by atoms with Crippen molar-refractivity contribution < 1.29 is 9.59 Å². The maximum Gasteiger partial charge on any atom is 0.278 e. The SMILES string of the molecule is CCc1ccc(NC2=C(c3ccc(C)cc3C)C(=O)N(C(C)C)C2=O)cc1. The molecule has 2 amide bonds. The first kappa shape index (κ1) is 18.9. The molecule has 1 aliphatic rings. The van der Waals surface area contributed by atoms with Gasteiger partial charge in [-0.3, -0.25) is 14.5 Å². The molecule has 0 atom stereocenters. The maximum absolute atomic E-state index is 13.1. The number of nitrogens with zero attached hydrogens (tertiary/aromatic N) is 1. The third kappa shape index (κ3) is 3.52. The van der Waals surface area contributed by atoms with Gasteiger partial charge >= 0.3 is 0 Å². The zero-order chi connectivity index (χ0) is 19.7. The van der Waals surface area contributed by atoms with Gasteiger partial charge < -0.3 is 5.32 Å². The molecule has 3 rings (SSSR count). The van der Waals surface area contributed by atoms with Crippen LogP contribution in [0.4, 0.5) is 5.69 Å². The van der Waals surface area contributed by atoms with Crippen molar-refractivity contribution in [3.8, 4) is 0 Å². The molecule has 1 aliphatic heterocycles. The van der Waals surface area contributed by atoms with E-state index in [1.807, 2.05) is 70.2 Å². The van der Waals surface area contributed by atoms with Crippen LogP contribution in [0.3, 0.4) is 0 Å². The van der Waals surface area contributed by atoms with Gasteiger partial charge in [0.25, 0.3) is 11.8 Å². The topological polar surface area (TPSA) is 49.4 Å². The van der Waals surface area contributed by atoms with Gasteiger partial charge in [-0.15, -0.1) is 0 Å². The number of carbonyl (C=O) groups is 2. The Bertz CT molecular complexity index is 924. The third-order valence-corrected chi connectivity index (χ3v) is 4.91. The van der Waals surface area contributed by atoms with E-state index in [2.05, 4.69) is 12.2 Å². The number of aryl methyl sites for hydroxylation is 3. The fourth-order valence-electron chi connectivity index (χ4n) is 3.44. The zero-order valence-electron chi connectivity index (χ0n) is 16.6. The summed E-state index contributed by atoms with van der Waals surface area (Å²) in [5.74, 6) is -0.515. The highest BCUT2D eigenvalue weighted by molar-refractivity contribution is 6.36. The smallest absolute Gasteiger partial charge is 0.278 e.